The number of rotatable bonds is 8. The number of benzene rings is 1. The van der Waals surface area contributed by atoms with E-state index < -0.39 is 0 Å². The number of hydrogen-bond acceptors (Lipinski definition) is 7. The third kappa shape index (κ3) is 6.06. The van der Waals surface area contributed by atoms with Crippen molar-refractivity contribution in [3.8, 4) is 0 Å². The number of nitrogens with one attached hydrogen (secondary N) is 2. The molecule has 2 N–H and O–H groups in total. The van der Waals surface area contributed by atoms with E-state index in [4.69, 9.17) is 4.74 Å². The van der Waals surface area contributed by atoms with E-state index in [1.54, 1.807) is 0 Å². The number of aromatic nitrogens is 2. The van der Waals surface area contributed by atoms with Crippen molar-refractivity contribution < 1.29 is 14.3 Å². The Balaban J connectivity index is 0.00000320. The van der Waals surface area contributed by atoms with Crippen LogP contribution in [0.5, 0.6) is 0 Å². The molecule has 1 aliphatic rings. The zero-order valence-electron chi connectivity index (χ0n) is 17.0. The van der Waals surface area contributed by atoms with E-state index in [1.807, 2.05) is 40.1 Å². The molecule has 3 rings (SSSR count). The summed E-state index contributed by atoms with van der Waals surface area (Å²) in [5.41, 5.74) is 1.28. The lowest BCUT2D eigenvalue weighted by Gasteiger charge is -2.21. The topological polar surface area (TPSA) is 108 Å². The molecule has 0 spiro atoms. The highest BCUT2D eigenvalue weighted by Crippen LogP contribution is 2.32. The van der Waals surface area contributed by atoms with Gasteiger partial charge in [0.25, 0.3) is 5.56 Å². The van der Waals surface area contributed by atoms with Crippen LogP contribution in [0.2, 0.25) is 0 Å². The molecule has 0 fully saturated rings. The van der Waals surface area contributed by atoms with E-state index in [1.165, 1.54) is 13.8 Å². The molecule has 0 aliphatic carbocycles. The van der Waals surface area contributed by atoms with Crippen molar-refractivity contribution in [2.75, 3.05) is 34.9 Å². The SMILES string of the molecule is Br.CC(=O)Nc1nc2c(c(=O)[nH]1)N(Cc1ccccc1)CN2CCCCOC(C)=O. The Morgan fingerprint density at radius 2 is 1.90 bits per heavy atom. The van der Waals surface area contributed by atoms with Gasteiger partial charge in [0.15, 0.2) is 5.82 Å². The lowest BCUT2D eigenvalue weighted by atomic mass is 10.2. The Hall–Kier alpha value is -2.88. The molecular weight excluding hydrogens is 454 g/mol. The van der Waals surface area contributed by atoms with Gasteiger partial charge in [-0.05, 0) is 18.4 Å². The highest BCUT2D eigenvalue weighted by molar-refractivity contribution is 8.93. The Morgan fingerprint density at radius 3 is 2.57 bits per heavy atom. The minimum Gasteiger partial charge on any atom is -0.466 e. The smallest absolute Gasteiger partial charge is 0.302 e. The quantitative estimate of drug-likeness (QED) is 0.442. The fraction of sp³-hybridized carbons (Fsp3) is 0.400. The van der Waals surface area contributed by atoms with Gasteiger partial charge in [-0.15, -0.1) is 17.0 Å². The van der Waals surface area contributed by atoms with Crippen molar-refractivity contribution in [3.63, 3.8) is 0 Å². The third-order valence-corrected chi connectivity index (χ3v) is 4.47. The first-order chi connectivity index (χ1) is 13.9. The van der Waals surface area contributed by atoms with Crippen LogP contribution in [0, 0.1) is 0 Å². The molecule has 1 aliphatic heterocycles. The number of nitrogens with zero attached hydrogens (tertiary/aromatic N) is 3. The van der Waals surface area contributed by atoms with Crippen LogP contribution >= 0.6 is 17.0 Å². The Kier molecular flexibility index (Phi) is 8.40. The molecular formula is C20H26BrN5O4. The zero-order valence-corrected chi connectivity index (χ0v) is 18.7. The number of fused-ring (bicyclic) bond motifs is 1. The zero-order chi connectivity index (χ0) is 20.8. The molecule has 9 nitrogen and oxygen atoms in total. The highest BCUT2D eigenvalue weighted by Gasteiger charge is 2.30. The first-order valence-electron chi connectivity index (χ1n) is 9.53. The predicted octanol–water partition coefficient (Wildman–Crippen LogP) is 2.43. The van der Waals surface area contributed by atoms with Crippen molar-refractivity contribution >= 4 is 46.3 Å². The summed E-state index contributed by atoms with van der Waals surface area (Å²) in [6.07, 6.45) is 1.49. The van der Waals surface area contributed by atoms with E-state index in [0.29, 0.717) is 44.3 Å². The monoisotopic (exact) mass is 479 g/mol. The molecule has 2 heterocycles. The van der Waals surface area contributed by atoms with Crippen LogP contribution in [-0.2, 0) is 20.9 Å². The lowest BCUT2D eigenvalue weighted by Crippen LogP contribution is -2.32. The number of amides is 1. The number of carbonyl (C=O) groups is 2. The predicted molar refractivity (Wildman–Crippen MR) is 120 cm³/mol. The number of esters is 1. The molecule has 0 atom stereocenters. The number of ether oxygens (including phenoxy) is 1. The number of hydrogen-bond donors (Lipinski definition) is 2. The van der Waals surface area contributed by atoms with Crippen LogP contribution in [0.15, 0.2) is 35.1 Å². The molecule has 30 heavy (non-hydrogen) atoms. The Bertz CT molecular complexity index is 935. The maximum absolute atomic E-state index is 12.7. The van der Waals surface area contributed by atoms with Crippen LogP contribution in [0.1, 0.15) is 32.3 Å². The molecule has 1 aromatic carbocycles. The number of halogens is 1. The Labute approximate surface area is 185 Å². The summed E-state index contributed by atoms with van der Waals surface area (Å²) >= 11 is 0. The molecule has 1 amide bonds. The van der Waals surface area contributed by atoms with E-state index in [-0.39, 0.29) is 40.4 Å². The van der Waals surface area contributed by atoms with Gasteiger partial charge in [-0.1, -0.05) is 30.3 Å². The summed E-state index contributed by atoms with van der Waals surface area (Å²) in [5, 5.41) is 2.54. The van der Waals surface area contributed by atoms with Gasteiger partial charge in [0.1, 0.15) is 5.69 Å². The summed E-state index contributed by atoms with van der Waals surface area (Å²) in [6.45, 7) is 4.85. The lowest BCUT2D eigenvalue weighted by molar-refractivity contribution is -0.141. The number of carbonyl (C=O) groups excluding carboxylic acids is 2. The number of aromatic amines is 1. The number of anilines is 3. The fourth-order valence-corrected chi connectivity index (χ4v) is 3.26. The van der Waals surface area contributed by atoms with E-state index in [0.717, 1.165) is 12.0 Å². The van der Waals surface area contributed by atoms with Crippen LogP contribution in [0.4, 0.5) is 17.5 Å². The second-order valence-electron chi connectivity index (χ2n) is 6.90. The minimum absolute atomic E-state index is 0. The average molecular weight is 480 g/mol. The molecule has 0 bridgehead atoms. The third-order valence-electron chi connectivity index (χ3n) is 4.47. The maximum Gasteiger partial charge on any atom is 0.302 e. The standard InChI is InChI=1S/C20H25N5O4.BrH/c1-14(26)21-20-22-18-17(19(28)23-20)25(12-16-8-4-3-5-9-16)13-24(18)10-6-7-11-29-15(2)27;/h3-5,8-9H,6-7,10-13H2,1-2H3,(H2,21,22,23,26,28);1H. The van der Waals surface area contributed by atoms with Gasteiger partial charge in [-0.25, -0.2) is 0 Å². The fourth-order valence-electron chi connectivity index (χ4n) is 3.26. The number of unbranched alkanes of at least 4 members (excludes halogenated alkanes) is 1. The van der Waals surface area contributed by atoms with Crippen molar-refractivity contribution in [2.24, 2.45) is 0 Å². The second-order valence-corrected chi connectivity index (χ2v) is 6.90. The van der Waals surface area contributed by atoms with E-state index in [9.17, 15) is 14.4 Å². The Morgan fingerprint density at radius 1 is 1.17 bits per heavy atom. The molecule has 162 valence electrons. The van der Waals surface area contributed by atoms with E-state index >= 15 is 0 Å². The van der Waals surface area contributed by atoms with Crippen molar-refractivity contribution in [3.05, 3.63) is 46.2 Å². The number of H-pyrrole nitrogens is 1. The van der Waals surface area contributed by atoms with Gasteiger partial charge < -0.3 is 14.5 Å². The molecule has 10 heteroatoms. The van der Waals surface area contributed by atoms with Crippen LogP contribution in [0.3, 0.4) is 0 Å². The van der Waals surface area contributed by atoms with Crippen molar-refractivity contribution in [2.45, 2.75) is 33.2 Å². The first-order valence-corrected chi connectivity index (χ1v) is 9.53. The summed E-state index contributed by atoms with van der Waals surface area (Å²) in [4.78, 5) is 46.1. The van der Waals surface area contributed by atoms with Gasteiger partial charge >= 0.3 is 5.97 Å². The van der Waals surface area contributed by atoms with Gasteiger partial charge in [0, 0.05) is 26.9 Å². The van der Waals surface area contributed by atoms with E-state index in [2.05, 4.69) is 15.3 Å². The van der Waals surface area contributed by atoms with Crippen molar-refractivity contribution in [1.29, 1.82) is 0 Å². The summed E-state index contributed by atoms with van der Waals surface area (Å²) in [6, 6.07) is 9.89. The molecule has 0 saturated heterocycles. The van der Waals surface area contributed by atoms with Gasteiger partial charge in [-0.2, -0.15) is 4.98 Å². The molecule has 0 radical (unpaired) electrons. The molecule has 0 saturated carbocycles. The average Bonchev–Trinajstić information content (AvgIpc) is 2.99. The highest BCUT2D eigenvalue weighted by atomic mass is 79.9. The van der Waals surface area contributed by atoms with Crippen LogP contribution in [0.25, 0.3) is 0 Å². The molecule has 2 aromatic rings. The van der Waals surface area contributed by atoms with Crippen LogP contribution in [-0.4, -0.2) is 41.7 Å². The van der Waals surface area contributed by atoms with Gasteiger partial charge in [0.2, 0.25) is 11.9 Å². The summed E-state index contributed by atoms with van der Waals surface area (Å²) < 4.78 is 4.97. The first kappa shape index (κ1) is 23.4. The molecule has 0 unspecified atom stereocenters. The summed E-state index contributed by atoms with van der Waals surface area (Å²) in [5.74, 6) is 0.0764. The largest absolute Gasteiger partial charge is 0.466 e. The minimum atomic E-state index is -0.305. The summed E-state index contributed by atoms with van der Waals surface area (Å²) in [7, 11) is 0. The maximum atomic E-state index is 12.7. The normalized spacial score (nSPS) is 12.2. The van der Waals surface area contributed by atoms with Gasteiger partial charge in [0.05, 0.1) is 13.3 Å². The van der Waals surface area contributed by atoms with Crippen molar-refractivity contribution in [1.82, 2.24) is 9.97 Å². The van der Waals surface area contributed by atoms with Gasteiger partial charge in [-0.3, -0.25) is 24.7 Å². The second kappa shape index (κ2) is 10.8. The molecule has 1 aromatic heterocycles. The van der Waals surface area contributed by atoms with Crippen LogP contribution < -0.4 is 20.7 Å².